The topological polar surface area (TPSA) is 55.1 Å². The highest BCUT2D eigenvalue weighted by atomic mass is 16.2. The molecule has 3 nitrogen and oxygen atoms in total. The Hall–Kier alpha value is -1.35. The Morgan fingerprint density at radius 1 is 1.58 bits per heavy atom. The lowest BCUT2D eigenvalue weighted by molar-refractivity contribution is -0.117. The molecule has 0 saturated carbocycles. The van der Waals surface area contributed by atoms with E-state index in [-0.39, 0.29) is 5.91 Å². The fourth-order valence-electron chi connectivity index (χ4n) is 0.726. The number of hydrogen-bond donors (Lipinski definition) is 2. The van der Waals surface area contributed by atoms with Gasteiger partial charge in [0.15, 0.2) is 0 Å². The summed E-state index contributed by atoms with van der Waals surface area (Å²) in [6.45, 7) is 1.64. The highest BCUT2D eigenvalue weighted by molar-refractivity contribution is 5.94. The molecule has 0 fully saturated rings. The molecule has 0 aliphatic heterocycles. The Kier molecular flexibility index (Phi) is 2.82. The van der Waals surface area contributed by atoms with Gasteiger partial charge in [0.05, 0.1) is 6.04 Å². The Morgan fingerprint density at radius 3 is 2.67 bits per heavy atom. The molecule has 1 atom stereocenters. The Balaban J connectivity index is 2.59. The van der Waals surface area contributed by atoms with E-state index in [9.17, 15) is 4.79 Å². The molecule has 1 radical (unpaired) electrons. The van der Waals surface area contributed by atoms with Crippen LogP contribution in [0.15, 0.2) is 24.3 Å². The zero-order valence-corrected chi connectivity index (χ0v) is 6.87. The number of nitrogens with one attached hydrogen (secondary N) is 1. The lowest BCUT2D eigenvalue weighted by atomic mass is 10.3. The van der Waals surface area contributed by atoms with Gasteiger partial charge in [-0.1, -0.05) is 12.1 Å². The molecule has 63 valence electrons. The molecule has 1 amide bonds. The van der Waals surface area contributed by atoms with Gasteiger partial charge >= 0.3 is 0 Å². The SMILES string of the molecule is C[C@H](N)C(=O)Nc1cc[c]cc1. The minimum absolute atomic E-state index is 0.179. The summed E-state index contributed by atoms with van der Waals surface area (Å²) in [4.78, 5) is 11.1. The third-order valence-electron chi connectivity index (χ3n) is 1.40. The average molecular weight is 163 g/mol. The monoisotopic (exact) mass is 163 g/mol. The average Bonchev–Trinajstić information content (AvgIpc) is 2.06. The molecule has 0 saturated heterocycles. The van der Waals surface area contributed by atoms with Crippen molar-refractivity contribution in [2.24, 2.45) is 5.73 Å². The Morgan fingerprint density at radius 2 is 2.17 bits per heavy atom. The van der Waals surface area contributed by atoms with Gasteiger partial charge in [0, 0.05) is 5.69 Å². The van der Waals surface area contributed by atoms with E-state index in [1.165, 1.54) is 0 Å². The molecule has 3 heteroatoms. The van der Waals surface area contributed by atoms with E-state index in [0.29, 0.717) is 0 Å². The van der Waals surface area contributed by atoms with Crippen LogP contribution in [0.1, 0.15) is 6.92 Å². The number of carbonyl (C=O) groups excluding carboxylic acids is 1. The predicted octanol–water partition coefficient (Wildman–Crippen LogP) is 0.772. The number of benzene rings is 1. The minimum Gasteiger partial charge on any atom is -0.325 e. The summed E-state index contributed by atoms with van der Waals surface area (Å²) in [5, 5.41) is 2.66. The summed E-state index contributed by atoms with van der Waals surface area (Å²) in [5.74, 6) is -0.179. The molecule has 1 aromatic carbocycles. The van der Waals surface area contributed by atoms with Crippen molar-refractivity contribution in [2.75, 3.05) is 5.32 Å². The standard InChI is InChI=1S/C9H11N2O/c1-7(10)9(12)11-8-5-3-2-4-6-8/h3-7H,10H2,1H3,(H,11,12)/t7-/m0/s1. The Labute approximate surface area is 71.6 Å². The molecular formula is C9H11N2O. The maximum Gasteiger partial charge on any atom is 0.240 e. The first-order valence-corrected chi connectivity index (χ1v) is 3.72. The second kappa shape index (κ2) is 3.88. The normalized spacial score (nSPS) is 12.2. The van der Waals surface area contributed by atoms with Crippen LogP contribution in [0.2, 0.25) is 0 Å². The van der Waals surface area contributed by atoms with E-state index in [0.717, 1.165) is 5.69 Å². The van der Waals surface area contributed by atoms with E-state index in [2.05, 4.69) is 11.4 Å². The minimum atomic E-state index is -0.478. The molecular weight excluding hydrogens is 152 g/mol. The molecule has 1 aromatic rings. The van der Waals surface area contributed by atoms with Gasteiger partial charge in [0.1, 0.15) is 0 Å². The first-order chi connectivity index (χ1) is 5.70. The third-order valence-corrected chi connectivity index (χ3v) is 1.40. The fourth-order valence-corrected chi connectivity index (χ4v) is 0.726. The van der Waals surface area contributed by atoms with Crippen LogP contribution < -0.4 is 11.1 Å². The maximum absolute atomic E-state index is 11.1. The van der Waals surface area contributed by atoms with E-state index < -0.39 is 6.04 Å². The van der Waals surface area contributed by atoms with E-state index in [1.807, 2.05) is 0 Å². The molecule has 0 aliphatic carbocycles. The summed E-state index contributed by atoms with van der Waals surface area (Å²) in [5.41, 5.74) is 6.11. The van der Waals surface area contributed by atoms with Crippen LogP contribution in [0.5, 0.6) is 0 Å². The van der Waals surface area contributed by atoms with Gasteiger partial charge in [0.25, 0.3) is 0 Å². The van der Waals surface area contributed by atoms with Gasteiger partial charge in [0.2, 0.25) is 5.91 Å². The quantitative estimate of drug-likeness (QED) is 0.676. The van der Waals surface area contributed by atoms with Crippen LogP contribution in [0.25, 0.3) is 0 Å². The molecule has 12 heavy (non-hydrogen) atoms. The smallest absolute Gasteiger partial charge is 0.240 e. The molecule has 0 spiro atoms. The highest BCUT2D eigenvalue weighted by Gasteiger charge is 2.05. The first kappa shape index (κ1) is 8.74. The highest BCUT2D eigenvalue weighted by Crippen LogP contribution is 2.04. The van der Waals surface area contributed by atoms with Crippen molar-refractivity contribution >= 4 is 11.6 Å². The summed E-state index contributed by atoms with van der Waals surface area (Å²) >= 11 is 0. The van der Waals surface area contributed by atoms with Crippen LogP contribution in [0.3, 0.4) is 0 Å². The van der Waals surface area contributed by atoms with Crippen LogP contribution in [-0.4, -0.2) is 11.9 Å². The van der Waals surface area contributed by atoms with Crippen molar-refractivity contribution in [1.82, 2.24) is 0 Å². The lowest BCUT2D eigenvalue weighted by Gasteiger charge is -2.06. The van der Waals surface area contributed by atoms with E-state index in [4.69, 9.17) is 5.73 Å². The van der Waals surface area contributed by atoms with Crippen molar-refractivity contribution in [3.63, 3.8) is 0 Å². The van der Waals surface area contributed by atoms with Crippen molar-refractivity contribution in [3.05, 3.63) is 30.3 Å². The fraction of sp³-hybridized carbons (Fsp3) is 0.222. The van der Waals surface area contributed by atoms with Crippen molar-refractivity contribution in [3.8, 4) is 0 Å². The second-order valence-electron chi connectivity index (χ2n) is 2.57. The second-order valence-corrected chi connectivity index (χ2v) is 2.57. The Bertz CT molecular complexity index is 256. The van der Waals surface area contributed by atoms with Gasteiger partial charge in [-0.05, 0) is 25.1 Å². The first-order valence-electron chi connectivity index (χ1n) is 3.72. The molecule has 3 N–H and O–H groups in total. The van der Waals surface area contributed by atoms with Crippen LogP contribution in [0, 0.1) is 6.07 Å². The molecule has 0 aromatic heterocycles. The van der Waals surface area contributed by atoms with Gasteiger partial charge < -0.3 is 11.1 Å². The van der Waals surface area contributed by atoms with Crippen LogP contribution in [0.4, 0.5) is 5.69 Å². The molecule has 0 aliphatic rings. The summed E-state index contributed by atoms with van der Waals surface area (Å²) in [7, 11) is 0. The van der Waals surface area contributed by atoms with E-state index in [1.54, 1.807) is 31.2 Å². The molecule has 0 heterocycles. The van der Waals surface area contributed by atoms with Gasteiger partial charge in [-0.25, -0.2) is 0 Å². The van der Waals surface area contributed by atoms with Crippen molar-refractivity contribution in [1.29, 1.82) is 0 Å². The number of nitrogens with two attached hydrogens (primary N) is 1. The van der Waals surface area contributed by atoms with E-state index >= 15 is 0 Å². The van der Waals surface area contributed by atoms with Crippen LogP contribution >= 0.6 is 0 Å². The summed E-state index contributed by atoms with van der Waals surface area (Å²) in [6.07, 6.45) is 0. The van der Waals surface area contributed by atoms with Gasteiger partial charge in [-0.3, -0.25) is 4.79 Å². The summed E-state index contributed by atoms with van der Waals surface area (Å²) < 4.78 is 0. The molecule has 1 rings (SSSR count). The van der Waals surface area contributed by atoms with Crippen molar-refractivity contribution < 1.29 is 4.79 Å². The maximum atomic E-state index is 11.1. The number of rotatable bonds is 2. The largest absolute Gasteiger partial charge is 0.325 e. The number of hydrogen-bond acceptors (Lipinski definition) is 2. The van der Waals surface area contributed by atoms with Gasteiger partial charge in [-0.2, -0.15) is 0 Å². The van der Waals surface area contributed by atoms with Crippen LogP contribution in [-0.2, 0) is 4.79 Å². The van der Waals surface area contributed by atoms with Crippen molar-refractivity contribution in [2.45, 2.75) is 13.0 Å². The lowest BCUT2D eigenvalue weighted by Crippen LogP contribution is -2.32. The number of anilines is 1. The van der Waals surface area contributed by atoms with Gasteiger partial charge in [-0.15, -0.1) is 0 Å². The zero-order valence-electron chi connectivity index (χ0n) is 6.87. The number of carbonyl (C=O) groups is 1. The molecule has 0 bridgehead atoms. The number of amides is 1. The predicted molar refractivity (Wildman–Crippen MR) is 47.6 cm³/mol. The molecule has 0 unspecified atom stereocenters. The zero-order chi connectivity index (χ0) is 8.97. The summed E-state index contributed by atoms with van der Waals surface area (Å²) in [6, 6.07) is 9.37. The third kappa shape index (κ3) is 2.36.